The van der Waals surface area contributed by atoms with Gasteiger partial charge in [0.1, 0.15) is 0 Å². The molecule has 0 aromatic carbocycles. The van der Waals surface area contributed by atoms with Gasteiger partial charge in [0.05, 0.1) is 0 Å². The Morgan fingerprint density at radius 1 is 0.857 bits per heavy atom. The SMILES string of the molecule is CCC[C@@H](C)[C@H]1CC[C@H]2[C@@H]3CC[C@@H]4CCC(O)(O)C(O)(O)[C@]4(C)[C@H]3CC[C@]12C. The first kappa shape index (κ1) is 21.1. The van der Waals surface area contributed by atoms with E-state index in [0.29, 0.717) is 23.7 Å². The molecule has 0 aliphatic heterocycles. The zero-order valence-electron chi connectivity index (χ0n) is 18.3. The molecule has 4 aliphatic carbocycles. The first-order chi connectivity index (χ1) is 13.0. The van der Waals surface area contributed by atoms with Gasteiger partial charge >= 0.3 is 0 Å². The topological polar surface area (TPSA) is 80.9 Å². The van der Waals surface area contributed by atoms with Gasteiger partial charge in [-0.1, -0.05) is 40.5 Å². The standard InChI is InChI=1S/C24H42O4/c1-5-6-15(2)18-9-10-19-17-8-7-16-11-14-23(25,26)24(27,28)22(16,4)20(17)12-13-21(18,19)3/h15-20,25-28H,5-14H2,1-4H3/t15-,16-,17+,18-,19+,20+,21-,22+/m1/s1. The van der Waals surface area contributed by atoms with Crippen molar-refractivity contribution < 1.29 is 20.4 Å². The van der Waals surface area contributed by atoms with Gasteiger partial charge < -0.3 is 20.4 Å². The summed E-state index contributed by atoms with van der Waals surface area (Å²) in [7, 11) is 0. The molecule has 0 amide bonds. The van der Waals surface area contributed by atoms with E-state index in [-0.39, 0.29) is 18.3 Å². The minimum absolute atomic E-state index is 0.0510. The van der Waals surface area contributed by atoms with Crippen molar-refractivity contribution in [1.29, 1.82) is 0 Å². The van der Waals surface area contributed by atoms with Crippen LogP contribution in [0.1, 0.15) is 91.9 Å². The van der Waals surface area contributed by atoms with Crippen molar-refractivity contribution in [1.82, 2.24) is 0 Å². The molecule has 4 fully saturated rings. The van der Waals surface area contributed by atoms with Crippen molar-refractivity contribution in [2.24, 2.45) is 46.3 Å². The number of aliphatic hydroxyl groups is 4. The normalized spacial score (nSPS) is 50.4. The third kappa shape index (κ3) is 2.57. The highest BCUT2D eigenvalue weighted by atomic mass is 16.6. The lowest BCUT2D eigenvalue weighted by Gasteiger charge is -2.65. The molecule has 4 N–H and O–H groups in total. The Morgan fingerprint density at radius 3 is 2.25 bits per heavy atom. The summed E-state index contributed by atoms with van der Waals surface area (Å²) in [6.07, 6.45) is 10.1. The molecule has 0 unspecified atom stereocenters. The summed E-state index contributed by atoms with van der Waals surface area (Å²) in [6.45, 7) is 9.18. The van der Waals surface area contributed by atoms with Crippen LogP contribution in [0.5, 0.6) is 0 Å². The largest absolute Gasteiger partial charge is 0.361 e. The number of fused-ring (bicyclic) bond motifs is 5. The van der Waals surface area contributed by atoms with Crippen LogP contribution in [0.25, 0.3) is 0 Å². The first-order valence-corrected chi connectivity index (χ1v) is 11.9. The van der Waals surface area contributed by atoms with Crippen molar-refractivity contribution in [3.8, 4) is 0 Å². The fraction of sp³-hybridized carbons (Fsp3) is 1.00. The molecule has 0 spiro atoms. The lowest BCUT2D eigenvalue weighted by molar-refractivity contribution is -0.436. The molecule has 28 heavy (non-hydrogen) atoms. The maximum atomic E-state index is 11.1. The molecule has 4 aliphatic rings. The summed E-state index contributed by atoms with van der Waals surface area (Å²) < 4.78 is 0. The summed E-state index contributed by atoms with van der Waals surface area (Å²) in [4.78, 5) is 0. The lowest BCUT2D eigenvalue weighted by atomic mass is 9.42. The number of rotatable bonds is 3. The van der Waals surface area contributed by atoms with Crippen molar-refractivity contribution in [2.75, 3.05) is 0 Å². The van der Waals surface area contributed by atoms with Gasteiger partial charge in [-0.25, -0.2) is 0 Å². The van der Waals surface area contributed by atoms with E-state index in [0.717, 1.165) is 31.1 Å². The molecule has 4 saturated carbocycles. The summed E-state index contributed by atoms with van der Waals surface area (Å²) in [6, 6.07) is 0. The third-order valence-corrected chi connectivity index (χ3v) is 10.6. The molecule has 0 bridgehead atoms. The molecule has 0 heterocycles. The van der Waals surface area contributed by atoms with Gasteiger partial charge in [-0.15, -0.1) is 0 Å². The van der Waals surface area contributed by atoms with E-state index in [9.17, 15) is 20.4 Å². The Morgan fingerprint density at radius 2 is 1.57 bits per heavy atom. The van der Waals surface area contributed by atoms with Crippen LogP contribution < -0.4 is 0 Å². The number of hydrogen-bond acceptors (Lipinski definition) is 4. The minimum atomic E-state index is -2.44. The Kier molecular flexibility index (Phi) is 5.02. The van der Waals surface area contributed by atoms with E-state index in [2.05, 4.69) is 20.8 Å². The van der Waals surface area contributed by atoms with E-state index in [4.69, 9.17) is 0 Å². The summed E-state index contributed by atoms with van der Waals surface area (Å²) in [5, 5.41) is 43.1. The molecular formula is C24H42O4. The van der Waals surface area contributed by atoms with Gasteiger partial charge in [0.2, 0.25) is 11.6 Å². The van der Waals surface area contributed by atoms with E-state index < -0.39 is 17.0 Å². The predicted molar refractivity (Wildman–Crippen MR) is 109 cm³/mol. The highest BCUT2D eigenvalue weighted by Gasteiger charge is 2.71. The summed E-state index contributed by atoms with van der Waals surface area (Å²) in [5.74, 6) is -1.87. The smallest absolute Gasteiger partial charge is 0.224 e. The summed E-state index contributed by atoms with van der Waals surface area (Å²) >= 11 is 0. The van der Waals surface area contributed by atoms with Crippen molar-refractivity contribution >= 4 is 0 Å². The van der Waals surface area contributed by atoms with E-state index in [1.54, 1.807) is 0 Å². The van der Waals surface area contributed by atoms with Crippen molar-refractivity contribution in [2.45, 2.75) is 103 Å². The van der Waals surface area contributed by atoms with Crippen molar-refractivity contribution in [3.63, 3.8) is 0 Å². The highest BCUT2D eigenvalue weighted by molar-refractivity contribution is 5.15. The minimum Gasteiger partial charge on any atom is -0.361 e. The summed E-state index contributed by atoms with van der Waals surface area (Å²) in [5.41, 5.74) is -0.483. The molecule has 8 atom stereocenters. The molecular weight excluding hydrogens is 352 g/mol. The van der Waals surface area contributed by atoms with Gasteiger partial charge in [0.15, 0.2) is 0 Å². The molecule has 4 rings (SSSR count). The molecule has 4 heteroatoms. The van der Waals surface area contributed by atoms with E-state index >= 15 is 0 Å². The number of hydrogen-bond donors (Lipinski definition) is 4. The van der Waals surface area contributed by atoms with Gasteiger partial charge in [0.25, 0.3) is 0 Å². The van der Waals surface area contributed by atoms with Crippen LogP contribution in [0.15, 0.2) is 0 Å². The third-order valence-electron chi connectivity index (χ3n) is 10.6. The van der Waals surface area contributed by atoms with Crippen LogP contribution in [0.3, 0.4) is 0 Å². The molecule has 0 aromatic heterocycles. The Balaban J connectivity index is 1.66. The first-order valence-electron chi connectivity index (χ1n) is 11.9. The maximum absolute atomic E-state index is 11.1. The zero-order valence-corrected chi connectivity index (χ0v) is 18.3. The van der Waals surface area contributed by atoms with Gasteiger partial charge in [-0.3, -0.25) is 0 Å². The second kappa shape index (κ2) is 6.67. The van der Waals surface area contributed by atoms with Crippen LogP contribution in [-0.4, -0.2) is 32.0 Å². The van der Waals surface area contributed by atoms with Crippen LogP contribution in [-0.2, 0) is 0 Å². The van der Waals surface area contributed by atoms with Gasteiger partial charge in [-0.2, -0.15) is 0 Å². The van der Waals surface area contributed by atoms with Gasteiger partial charge in [-0.05, 0) is 85.9 Å². The van der Waals surface area contributed by atoms with Crippen LogP contribution >= 0.6 is 0 Å². The Bertz CT molecular complexity index is 601. The van der Waals surface area contributed by atoms with Crippen LogP contribution in [0.2, 0.25) is 0 Å². The molecule has 4 nitrogen and oxygen atoms in total. The predicted octanol–water partition coefficient (Wildman–Crippen LogP) is 4.05. The quantitative estimate of drug-likeness (QED) is 0.544. The van der Waals surface area contributed by atoms with Crippen molar-refractivity contribution in [3.05, 3.63) is 0 Å². The second-order valence-electron chi connectivity index (χ2n) is 11.5. The molecule has 0 radical (unpaired) electrons. The van der Waals surface area contributed by atoms with Crippen LogP contribution in [0, 0.1) is 46.3 Å². The monoisotopic (exact) mass is 394 g/mol. The van der Waals surface area contributed by atoms with E-state index in [1.165, 1.54) is 32.1 Å². The lowest BCUT2D eigenvalue weighted by Crippen LogP contribution is -2.73. The van der Waals surface area contributed by atoms with Gasteiger partial charge in [0, 0.05) is 11.8 Å². The van der Waals surface area contributed by atoms with E-state index in [1.807, 2.05) is 6.92 Å². The molecule has 0 aromatic rings. The Labute approximate surface area is 170 Å². The average Bonchev–Trinajstić information content (AvgIpc) is 2.97. The maximum Gasteiger partial charge on any atom is 0.224 e. The fourth-order valence-corrected chi connectivity index (χ4v) is 9.03. The Hall–Kier alpha value is -0.160. The molecule has 162 valence electrons. The van der Waals surface area contributed by atoms with Crippen LogP contribution in [0.4, 0.5) is 0 Å². The highest BCUT2D eigenvalue weighted by Crippen LogP contribution is 2.70. The molecule has 0 saturated heterocycles. The zero-order chi connectivity index (χ0) is 20.5. The average molecular weight is 395 g/mol. The fourth-order valence-electron chi connectivity index (χ4n) is 9.03. The second-order valence-corrected chi connectivity index (χ2v) is 11.5.